The fourth-order valence-electron chi connectivity index (χ4n) is 1.81. The number of carbonyl (C=O) groups is 1. The normalized spacial score (nSPS) is 20.4. The second-order valence-corrected chi connectivity index (χ2v) is 6.90. The van der Waals surface area contributed by atoms with Crippen molar-refractivity contribution in [2.45, 2.75) is 60.5 Å². The van der Waals surface area contributed by atoms with Gasteiger partial charge < -0.3 is 4.74 Å². The monoisotopic (exact) mass is 324 g/mol. The van der Waals surface area contributed by atoms with E-state index < -0.39 is 11.7 Å². The molecule has 1 rings (SSSR count). The van der Waals surface area contributed by atoms with Crippen LogP contribution in [0.1, 0.15) is 54.9 Å². The molecule has 0 radical (unpaired) electrons. The number of nitrogens with zero attached hydrogens (tertiary/aromatic N) is 2. The van der Waals surface area contributed by atoms with Crippen LogP contribution in [0.4, 0.5) is 4.79 Å². The van der Waals surface area contributed by atoms with E-state index in [0.29, 0.717) is 10.9 Å². The van der Waals surface area contributed by atoms with Crippen LogP contribution in [0.2, 0.25) is 0 Å². The fourth-order valence-corrected chi connectivity index (χ4v) is 1.95. The molecule has 1 aliphatic heterocycles. The average Bonchev–Trinajstić information content (AvgIpc) is 2.70. The van der Waals surface area contributed by atoms with E-state index in [1.807, 2.05) is 40.7 Å². The first-order valence-corrected chi connectivity index (χ1v) is 7.76. The standard InChI is InChI=1S/C17H25ClN2O2/c1-8-11(2)10-19-15-14(13(4)18)9-12(3)20(15)16(21)22-17(5,6)7/h9-10H,8H2,1-7H3/b11-10+,14-13+,19-15-. The summed E-state index contributed by atoms with van der Waals surface area (Å²) in [7, 11) is 0. The zero-order chi connectivity index (χ0) is 17.1. The molecule has 4 nitrogen and oxygen atoms in total. The average molecular weight is 325 g/mol. The highest BCUT2D eigenvalue weighted by atomic mass is 35.5. The fraction of sp³-hybridized carbons (Fsp3) is 0.529. The zero-order valence-corrected chi connectivity index (χ0v) is 15.2. The molecule has 0 atom stereocenters. The van der Waals surface area contributed by atoms with Crippen LogP contribution in [-0.2, 0) is 4.74 Å². The van der Waals surface area contributed by atoms with Gasteiger partial charge in [0.25, 0.3) is 0 Å². The molecule has 0 aromatic carbocycles. The molecule has 1 heterocycles. The first-order chi connectivity index (χ1) is 10.1. The summed E-state index contributed by atoms with van der Waals surface area (Å²) in [6.45, 7) is 13.2. The molecule has 1 aliphatic rings. The number of amides is 1. The maximum absolute atomic E-state index is 12.5. The van der Waals surface area contributed by atoms with Crippen molar-refractivity contribution in [2.24, 2.45) is 4.99 Å². The first kappa shape index (κ1) is 18.5. The Bertz CT molecular complexity index is 574. The molecule has 0 N–H and O–H groups in total. The molecule has 0 saturated carbocycles. The summed E-state index contributed by atoms with van der Waals surface area (Å²) in [6.07, 6.45) is 4.06. The Balaban J connectivity index is 3.26. The van der Waals surface area contributed by atoms with Crippen molar-refractivity contribution in [2.75, 3.05) is 0 Å². The van der Waals surface area contributed by atoms with E-state index in [1.54, 1.807) is 13.1 Å². The van der Waals surface area contributed by atoms with Gasteiger partial charge in [0.1, 0.15) is 5.60 Å². The van der Waals surface area contributed by atoms with E-state index in [2.05, 4.69) is 11.9 Å². The molecule has 0 saturated heterocycles. The molecule has 5 heteroatoms. The van der Waals surface area contributed by atoms with Gasteiger partial charge in [-0.15, -0.1) is 0 Å². The molecule has 122 valence electrons. The first-order valence-electron chi connectivity index (χ1n) is 7.38. The number of allylic oxidation sites excluding steroid dienone is 3. The predicted octanol–water partition coefficient (Wildman–Crippen LogP) is 5.37. The van der Waals surface area contributed by atoms with E-state index in [9.17, 15) is 4.79 Å². The molecular weight excluding hydrogens is 300 g/mol. The van der Waals surface area contributed by atoms with Crippen molar-refractivity contribution >= 4 is 23.5 Å². The van der Waals surface area contributed by atoms with Gasteiger partial charge in [0.15, 0.2) is 5.84 Å². The molecule has 0 bridgehead atoms. The zero-order valence-electron chi connectivity index (χ0n) is 14.5. The molecule has 0 unspecified atom stereocenters. The van der Waals surface area contributed by atoms with Crippen LogP contribution in [0.25, 0.3) is 0 Å². The third kappa shape index (κ3) is 4.73. The molecule has 0 spiro atoms. The van der Waals surface area contributed by atoms with Gasteiger partial charge in [0, 0.05) is 22.5 Å². The number of hydrogen-bond acceptors (Lipinski definition) is 3. The third-order valence-electron chi connectivity index (χ3n) is 3.07. The number of rotatable bonds is 2. The smallest absolute Gasteiger partial charge is 0.420 e. The number of aliphatic imine (C=N–C) groups is 1. The number of hydrogen-bond donors (Lipinski definition) is 0. The van der Waals surface area contributed by atoms with Gasteiger partial charge in [-0.3, -0.25) is 0 Å². The minimum atomic E-state index is -0.569. The van der Waals surface area contributed by atoms with Crippen LogP contribution in [0, 0.1) is 0 Å². The summed E-state index contributed by atoms with van der Waals surface area (Å²) in [5.74, 6) is 0.507. The Morgan fingerprint density at radius 2 is 2.00 bits per heavy atom. The number of amidine groups is 1. The van der Waals surface area contributed by atoms with Gasteiger partial charge in [-0.1, -0.05) is 24.1 Å². The molecule has 0 aliphatic carbocycles. The lowest BCUT2D eigenvalue weighted by Crippen LogP contribution is -2.37. The van der Waals surface area contributed by atoms with E-state index in [4.69, 9.17) is 16.3 Å². The summed E-state index contributed by atoms with van der Waals surface area (Å²) in [4.78, 5) is 18.4. The number of halogens is 1. The van der Waals surface area contributed by atoms with Gasteiger partial charge in [-0.05, 0) is 54.0 Å². The largest absolute Gasteiger partial charge is 0.443 e. The summed E-state index contributed by atoms with van der Waals surface area (Å²) in [5, 5.41) is 0.590. The van der Waals surface area contributed by atoms with Gasteiger partial charge in [-0.25, -0.2) is 14.7 Å². The Kier molecular flexibility index (Phi) is 6.00. The molecule has 1 amide bonds. The highest BCUT2D eigenvalue weighted by Crippen LogP contribution is 2.28. The maximum Gasteiger partial charge on any atom is 0.420 e. The lowest BCUT2D eigenvalue weighted by atomic mass is 10.2. The Morgan fingerprint density at radius 3 is 2.45 bits per heavy atom. The Labute approximate surface area is 138 Å². The van der Waals surface area contributed by atoms with Crippen LogP contribution in [0.3, 0.4) is 0 Å². The van der Waals surface area contributed by atoms with Crippen LogP contribution in [-0.4, -0.2) is 22.4 Å². The molecule has 0 aromatic rings. The predicted molar refractivity (Wildman–Crippen MR) is 91.9 cm³/mol. The van der Waals surface area contributed by atoms with Crippen molar-refractivity contribution in [3.8, 4) is 0 Å². The van der Waals surface area contributed by atoms with Gasteiger partial charge in [-0.2, -0.15) is 0 Å². The highest BCUT2D eigenvalue weighted by molar-refractivity contribution is 6.33. The molecule has 0 fully saturated rings. The van der Waals surface area contributed by atoms with Crippen molar-refractivity contribution < 1.29 is 9.53 Å². The van der Waals surface area contributed by atoms with E-state index in [1.165, 1.54) is 4.90 Å². The van der Waals surface area contributed by atoms with Crippen molar-refractivity contribution in [1.82, 2.24) is 4.90 Å². The quantitative estimate of drug-likeness (QED) is 0.685. The van der Waals surface area contributed by atoms with Crippen molar-refractivity contribution in [1.29, 1.82) is 0 Å². The lowest BCUT2D eigenvalue weighted by Gasteiger charge is -2.25. The van der Waals surface area contributed by atoms with E-state index in [0.717, 1.165) is 23.3 Å². The minimum Gasteiger partial charge on any atom is -0.443 e. The molecule has 0 aromatic heterocycles. The summed E-state index contributed by atoms with van der Waals surface area (Å²) in [6, 6.07) is 0. The van der Waals surface area contributed by atoms with Crippen molar-refractivity contribution in [3.63, 3.8) is 0 Å². The lowest BCUT2D eigenvalue weighted by molar-refractivity contribution is 0.0416. The van der Waals surface area contributed by atoms with E-state index >= 15 is 0 Å². The minimum absolute atomic E-state index is 0.449. The second kappa shape index (κ2) is 7.14. The summed E-state index contributed by atoms with van der Waals surface area (Å²) >= 11 is 6.15. The third-order valence-corrected chi connectivity index (χ3v) is 3.27. The van der Waals surface area contributed by atoms with Crippen LogP contribution < -0.4 is 0 Å². The van der Waals surface area contributed by atoms with Gasteiger partial charge in [0.2, 0.25) is 0 Å². The maximum atomic E-state index is 12.5. The van der Waals surface area contributed by atoms with Crippen LogP contribution in [0.15, 0.2) is 39.1 Å². The molecule has 22 heavy (non-hydrogen) atoms. The topological polar surface area (TPSA) is 41.9 Å². The summed E-state index contributed by atoms with van der Waals surface area (Å²) < 4.78 is 5.46. The van der Waals surface area contributed by atoms with Crippen molar-refractivity contribution in [3.05, 3.63) is 34.2 Å². The number of ether oxygens (including phenoxy) is 1. The van der Waals surface area contributed by atoms with Gasteiger partial charge in [0.05, 0.1) is 0 Å². The molecular formula is C17H25ClN2O2. The Hall–Kier alpha value is -1.55. The highest BCUT2D eigenvalue weighted by Gasteiger charge is 2.33. The number of carbonyl (C=O) groups excluding carboxylic acids is 1. The SMILES string of the molecule is CC/C(C)=C/N=C1/C(=C(\C)Cl)C=C(C)N1C(=O)OC(C)(C)C. The van der Waals surface area contributed by atoms with E-state index in [-0.39, 0.29) is 0 Å². The van der Waals surface area contributed by atoms with Gasteiger partial charge >= 0.3 is 6.09 Å². The Morgan fingerprint density at radius 1 is 1.41 bits per heavy atom. The van der Waals surface area contributed by atoms with Crippen LogP contribution in [0.5, 0.6) is 0 Å². The van der Waals surface area contributed by atoms with Crippen LogP contribution >= 0.6 is 11.6 Å². The second-order valence-electron chi connectivity index (χ2n) is 6.33. The summed E-state index contributed by atoms with van der Waals surface area (Å²) in [5.41, 5.74) is 2.03.